The normalized spacial score (nSPS) is 11.3. The summed E-state index contributed by atoms with van der Waals surface area (Å²) in [4.78, 5) is 15.8. The second-order valence-corrected chi connectivity index (χ2v) is 4.65. The Balaban J connectivity index is 2.05. The molecule has 1 heterocycles. The van der Waals surface area contributed by atoms with Crippen LogP contribution >= 0.6 is 11.3 Å². The first-order valence-corrected chi connectivity index (χ1v) is 6.29. The number of phenolic OH excluding ortho intramolecular Hbond substituents is 1. The van der Waals surface area contributed by atoms with Crippen molar-refractivity contribution in [3.05, 3.63) is 40.9 Å². The number of hydrogen-bond donors (Lipinski definition) is 3. The van der Waals surface area contributed by atoms with Crippen molar-refractivity contribution in [1.82, 2.24) is 10.4 Å². The van der Waals surface area contributed by atoms with Gasteiger partial charge in [0.1, 0.15) is 5.75 Å². The molecule has 0 saturated heterocycles. The highest BCUT2D eigenvalue weighted by molar-refractivity contribution is 7.13. The van der Waals surface area contributed by atoms with Crippen LogP contribution in [0.1, 0.15) is 23.0 Å². The van der Waals surface area contributed by atoms with E-state index >= 15 is 0 Å². The van der Waals surface area contributed by atoms with E-state index in [-0.39, 0.29) is 11.7 Å². The largest absolute Gasteiger partial charge is 0.508 e. The molecule has 0 fully saturated rings. The van der Waals surface area contributed by atoms with E-state index in [4.69, 9.17) is 10.8 Å². The number of hydrazone groups is 1. The first-order valence-electron chi connectivity index (χ1n) is 5.41. The van der Waals surface area contributed by atoms with Crippen LogP contribution in [0.3, 0.4) is 0 Å². The second-order valence-electron chi connectivity index (χ2n) is 3.76. The fraction of sp³-hybridized carbons (Fsp3) is 0.0833. The summed E-state index contributed by atoms with van der Waals surface area (Å²) in [5, 5.41) is 15.3. The molecule has 0 saturated carbocycles. The van der Waals surface area contributed by atoms with Crippen LogP contribution in [0, 0.1) is 0 Å². The van der Waals surface area contributed by atoms with E-state index in [1.165, 1.54) is 35.6 Å². The minimum Gasteiger partial charge on any atom is -0.508 e. The molecule has 1 amide bonds. The maximum Gasteiger partial charge on any atom is 0.271 e. The lowest BCUT2D eigenvalue weighted by molar-refractivity contribution is 0.0955. The number of rotatable bonds is 3. The molecule has 1 aromatic heterocycles. The molecule has 0 unspecified atom stereocenters. The van der Waals surface area contributed by atoms with Crippen LogP contribution in [-0.4, -0.2) is 21.7 Å². The Bertz CT molecular complexity index is 619. The van der Waals surface area contributed by atoms with Crippen molar-refractivity contribution in [2.24, 2.45) is 5.10 Å². The van der Waals surface area contributed by atoms with E-state index in [2.05, 4.69) is 15.5 Å². The molecular formula is C12H12N4O2S. The lowest BCUT2D eigenvalue weighted by atomic mass is 10.2. The number of nitrogens with one attached hydrogen (secondary N) is 1. The predicted molar refractivity (Wildman–Crippen MR) is 74.3 cm³/mol. The molecule has 98 valence electrons. The summed E-state index contributed by atoms with van der Waals surface area (Å²) in [6.45, 7) is 1.73. The highest BCUT2D eigenvalue weighted by Gasteiger charge is 2.06. The van der Waals surface area contributed by atoms with Crippen molar-refractivity contribution in [3.63, 3.8) is 0 Å². The molecule has 0 bridgehead atoms. The third kappa shape index (κ3) is 3.29. The lowest BCUT2D eigenvalue weighted by Gasteiger charge is -2.01. The van der Waals surface area contributed by atoms with Gasteiger partial charge in [-0.1, -0.05) is 0 Å². The van der Waals surface area contributed by atoms with Crippen LogP contribution < -0.4 is 11.2 Å². The number of amides is 1. The Morgan fingerprint density at radius 1 is 1.42 bits per heavy atom. The molecule has 0 aliphatic rings. The van der Waals surface area contributed by atoms with Gasteiger partial charge in [-0.25, -0.2) is 10.4 Å². The Kier molecular flexibility index (Phi) is 3.76. The summed E-state index contributed by atoms with van der Waals surface area (Å²) in [5.74, 6) is -0.253. The van der Waals surface area contributed by atoms with E-state index in [1.54, 1.807) is 12.3 Å². The molecule has 2 aromatic rings. The minimum atomic E-state index is -0.359. The summed E-state index contributed by atoms with van der Waals surface area (Å²) < 4.78 is 0. The van der Waals surface area contributed by atoms with Crippen LogP contribution in [0.15, 0.2) is 34.7 Å². The third-order valence-electron chi connectivity index (χ3n) is 2.35. The highest BCUT2D eigenvalue weighted by atomic mass is 32.1. The Morgan fingerprint density at radius 2 is 2.11 bits per heavy atom. The number of anilines is 1. The summed E-state index contributed by atoms with van der Waals surface area (Å²) in [6, 6.07) is 5.89. The molecule has 0 aliphatic carbocycles. The Morgan fingerprint density at radius 3 is 2.68 bits per heavy atom. The van der Waals surface area contributed by atoms with Gasteiger partial charge in [-0.05, 0) is 31.2 Å². The fourth-order valence-corrected chi connectivity index (χ4v) is 1.93. The SMILES string of the molecule is C/C(=N\NC(=O)c1ccc(O)cc1)c1csc(N)n1. The van der Waals surface area contributed by atoms with Crippen molar-refractivity contribution in [2.75, 3.05) is 5.73 Å². The maximum absolute atomic E-state index is 11.8. The molecular weight excluding hydrogens is 264 g/mol. The number of aromatic hydroxyl groups is 1. The van der Waals surface area contributed by atoms with Crippen LogP contribution in [0.4, 0.5) is 5.13 Å². The number of nitrogens with zero attached hydrogens (tertiary/aromatic N) is 2. The van der Waals surface area contributed by atoms with E-state index in [1.807, 2.05) is 0 Å². The summed E-state index contributed by atoms with van der Waals surface area (Å²) in [6.07, 6.45) is 0. The fourth-order valence-electron chi connectivity index (χ4n) is 1.32. The smallest absolute Gasteiger partial charge is 0.271 e. The van der Waals surface area contributed by atoms with Crippen molar-refractivity contribution in [1.29, 1.82) is 0 Å². The van der Waals surface area contributed by atoms with Gasteiger partial charge < -0.3 is 10.8 Å². The van der Waals surface area contributed by atoms with Gasteiger partial charge in [-0.3, -0.25) is 4.79 Å². The molecule has 1 aromatic carbocycles. The summed E-state index contributed by atoms with van der Waals surface area (Å²) >= 11 is 1.31. The number of carbonyl (C=O) groups excluding carboxylic acids is 1. The maximum atomic E-state index is 11.8. The third-order valence-corrected chi connectivity index (χ3v) is 3.02. The van der Waals surface area contributed by atoms with Crippen molar-refractivity contribution < 1.29 is 9.90 Å². The van der Waals surface area contributed by atoms with Crippen LogP contribution in [0.25, 0.3) is 0 Å². The Labute approximate surface area is 113 Å². The summed E-state index contributed by atoms with van der Waals surface area (Å²) in [5.41, 5.74) is 9.55. The van der Waals surface area contributed by atoms with Gasteiger partial charge in [0.25, 0.3) is 5.91 Å². The summed E-state index contributed by atoms with van der Waals surface area (Å²) in [7, 11) is 0. The van der Waals surface area contributed by atoms with Gasteiger partial charge in [0.05, 0.1) is 11.4 Å². The lowest BCUT2D eigenvalue weighted by Crippen LogP contribution is -2.19. The molecule has 0 spiro atoms. The standard InChI is InChI=1S/C12H12N4O2S/c1-7(10-6-19-12(13)14-10)15-16-11(18)8-2-4-9(17)5-3-8/h2-6,17H,1H3,(H2,13,14)(H,16,18)/b15-7+. The number of benzene rings is 1. The molecule has 19 heavy (non-hydrogen) atoms. The molecule has 0 atom stereocenters. The van der Waals surface area contributed by atoms with Gasteiger partial charge in [0.15, 0.2) is 5.13 Å². The first kappa shape index (κ1) is 13.0. The zero-order chi connectivity index (χ0) is 13.8. The molecule has 7 heteroatoms. The van der Waals surface area contributed by atoms with E-state index < -0.39 is 0 Å². The quantitative estimate of drug-likeness (QED) is 0.585. The zero-order valence-electron chi connectivity index (χ0n) is 10.1. The average molecular weight is 276 g/mol. The number of hydrogen-bond acceptors (Lipinski definition) is 6. The van der Waals surface area contributed by atoms with Crippen molar-refractivity contribution in [2.45, 2.75) is 6.92 Å². The van der Waals surface area contributed by atoms with Crippen molar-refractivity contribution >= 4 is 28.1 Å². The molecule has 4 N–H and O–H groups in total. The van der Waals surface area contributed by atoms with Gasteiger partial charge in [0, 0.05) is 10.9 Å². The van der Waals surface area contributed by atoms with Gasteiger partial charge in [-0.15, -0.1) is 11.3 Å². The topological polar surface area (TPSA) is 101 Å². The van der Waals surface area contributed by atoms with E-state index in [0.717, 1.165) is 0 Å². The average Bonchev–Trinajstić information content (AvgIpc) is 2.83. The van der Waals surface area contributed by atoms with Gasteiger partial charge >= 0.3 is 0 Å². The predicted octanol–water partition coefficient (Wildman–Crippen LogP) is 1.58. The van der Waals surface area contributed by atoms with Crippen molar-refractivity contribution in [3.8, 4) is 5.75 Å². The number of thiazole rings is 1. The number of aromatic nitrogens is 1. The zero-order valence-corrected chi connectivity index (χ0v) is 10.9. The number of carbonyl (C=O) groups is 1. The number of nitrogen functional groups attached to an aromatic ring is 1. The Hall–Kier alpha value is -2.41. The second kappa shape index (κ2) is 5.49. The molecule has 0 radical (unpaired) electrons. The van der Waals surface area contributed by atoms with Gasteiger partial charge in [0.2, 0.25) is 0 Å². The van der Waals surface area contributed by atoms with Crippen LogP contribution in [0.2, 0.25) is 0 Å². The van der Waals surface area contributed by atoms with E-state index in [0.29, 0.717) is 22.1 Å². The first-order chi connectivity index (χ1) is 9.06. The number of phenols is 1. The van der Waals surface area contributed by atoms with Crippen LogP contribution in [0.5, 0.6) is 5.75 Å². The van der Waals surface area contributed by atoms with Gasteiger partial charge in [-0.2, -0.15) is 5.10 Å². The van der Waals surface area contributed by atoms with Crippen LogP contribution in [-0.2, 0) is 0 Å². The minimum absolute atomic E-state index is 0.106. The highest BCUT2D eigenvalue weighted by Crippen LogP contribution is 2.12. The molecule has 2 rings (SSSR count). The van der Waals surface area contributed by atoms with E-state index in [9.17, 15) is 4.79 Å². The number of nitrogens with two attached hydrogens (primary N) is 1. The monoisotopic (exact) mass is 276 g/mol. The molecule has 6 nitrogen and oxygen atoms in total. The molecule has 0 aliphatic heterocycles.